The molecule has 1 amide bonds. The van der Waals surface area contributed by atoms with E-state index in [1.807, 2.05) is 30.3 Å². The molecule has 172 valence electrons. The van der Waals surface area contributed by atoms with Gasteiger partial charge in [-0.3, -0.25) is 4.79 Å². The summed E-state index contributed by atoms with van der Waals surface area (Å²) in [5, 5.41) is 16.7. The van der Waals surface area contributed by atoms with Gasteiger partial charge in [0.05, 0.1) is 11.4 Å². The van der Waals surface area contributed by atoms with Crippen molar-refractivity contribution in [2.24, 2.45) is 0 Å². The Morgan fingerprint density at radius 2 is 1.91 bits per heavy atom. The number of furan rings is 1. The van der Waals surface area contributed by atoms with Crippen molar-refractivity contribution in [3.63, 3.8) is 0 Å². The molecule has 0 aliphatic rings. The summed E-state index contributed by atoms with van der Waals surface area (Å²) < 4.78 is 25.8. The number of nitrogens with zero attached hydrogens (tertiary/aromatic N) is 3. The molecular formula is C25H22FN5O3. The number of halogens is 1. The zero-order valence-corrected chi connectivity index (χ0v) is 18.2. The minimum atomic E-state index is -0.377. The van der Waals surface area contributed by atoms with E-state index in [2.05, 4.69) is 16.5 Å². The molecule has 0 spiro atoms. The summed E-state index contributed by atoms with van der Waals surface area (Å²) in [6.07, 6.45) is 0.959. The highest BCUT2D eigenvalue weighted by molar-refractivity contribution is 5.91. The minimum absolute atomic E-state index is 0.189. The van der Waals surface area contributed by atoms with Gasteiger partial charge in [-0.05, 0) is 61.4 Å². The maximum Gasteiger partial charge on any atom is 0.286 e. The largest absolute Gasteiger partial charge is 0.486 e. The fraction of sp³-hybridized carbons (Fsp3) is 0.160. The molecule has 0 aliphatic heterocycles. The molecule has 4 rings (SSSR count). The summed E-state index contributed by atoms with van der Waals surface area (Å²) >= 11 is 0. The van der Waals surface area contributed by atoms with Crippen LogP contribution < -0.4 is 15.8 Å². The Hall–Kier alpha value is -4.58. The van der Waals surface area contributed by atoms with E-state index in [9.17, 15) is 14.4 Å². The SMILES string of the molecule is N#Cc1c(CCCNC(=O)c2ccc(COc3ccccc3)o2)nn(-c2ccc(F)cc2)c1N. The number of hydrogen-bond donors (Lipinski definition) is 2. The lowest BCUT2D eigenvalue weighted by molar-refractivity contribution is 0.0921. The third-order valence-corrected chi connectivity index (χ3v) is 5.06. The Bertz CT molecular complexity index is 1310. The monoisotopic (exact) mass is 459 g/mol. The van der Waals surface area contributed by atoms with Gasteiger partial charge in [-0.25, -0.2) is 9.07 Å². The lowest BCUT2D eigenvalue weighted by atomic mass is 10.1. The van der Waals surface area contributed by atoms with Crippen LogP contribution in [0.4, 0.5) is 10.2 Å². The van der Waals surface area contributed by atoms with E-state index >= 15 is 0 Å². The van der Waals surface area contributed by atoms with Crippen molar-refractivity contribution in [2.45, 2.75) is 19.4 Å². The molecule has 0 saturated carbocycles. The maximum absolute atomic E-state index is 13.2. The minimum Gasteiger partial charge on any atom is -0.486 e. The van der Waals surface area contributed by atoms with Gasteiger partial charge >= 0.3 is 0 Å². The van der Waals surface area contributed by atoms with Crippen molar-refractivity contribution in [1.29, 1.82) is 5.26 Å². The molecule has 0 radical (unpaired) electrons. The highest BCUT2D eigenvalue weighted by Gasteiger charge is 2.17. The Kier molecular flexibility index (Phi) is 6.89. The summed E-state index contributed by atoms with van der Waals surface area (Å²) in [5.74, 6) is 0.906. The average molecular weight is 459 g/mol. The molecule has 0 bridgehead atoms. The predicted octanol–water partition coefficient (Wildman–Crippen LogP) is 4.00. The van der Waals surface area contributed by atoms with Gasteiger partial charge in [0.15, 0.2) is 5.76 Å². The van der Waals surface area contributed by atoms with Crippen molar-refractivity contribution in [3.8, 4) is 17.5 Å². The van der Waals surface area contributed by atoms with Crippen LogP contribution in [0, 0.1) is 17.1 Å². The van der Waals surface area contributed by atoms with Gasteiger partial charge in [0.25, 0.3) is 5.91 Å². The maximum atomic E-state index is 13.2. The molecule has 3 N–H and O–H groups in total. The predicted molar refractivity (Wildman–Crippen MR) is 123 cm³/mol. The van der Waals surface area contributed by atoms with Crippen LogP contribution in [0.15, 0.2) is 71.1 Å². The first-order valence-electron chi connectivity index (χ1n) is 10.6. The number of carbonyl (C=O) groups excluding carboxylic acids is 1. The number of nitrogen functional groups attached to an aromatic ring is 1. The molecule has 0 aliphatic carbocycles. The molecule has 2 aromatic heterocycles. The van der Waals surface area contributed by atoms with E-state index in [1.165, 1.54) is 28.9 Å². The number of carbonyl (C=O) groups is 1. The van der Waals surface area contributed by atoms with E-state index < -0.39 is 0 Å². The summed E-state index contributed by atoms with van der Waals surface area (Å²) in [5.41, 5.74) is 7.40. The van der Waals surface area contributed by atoms with E-state index in [1.54, 1.807) is 12.1 Å². The van der Waals surface area contributed by atoms with Gasteiger partial charge in [-0.2, -0.15) is 10.4 Å². The topological polar surface area (TPSA) is 119 Å². The summed E-state index contributed by atoms with van der Waals surface area (Å²) in [6.45, 7) is 0.565. The number of anilines is 1. The first kappa shape index (κ1) is 22.6. The van der Waals surface area contributed by atoms with Crippen LogP contribution in [0.3, 0.4) is 0 Å². The van der Waals surface area contributed by atoms with E-state index in [-0.39, 0.29) is 35.5 Å². The van der Waals surface area contributed by atoms with Gasteiger partial charge in [-0.1, -0.05) is 18.2 Å². The number of rotatable bonds is 9. The second kappa shape index (κ2) is 10.4. The smallest absolute Gasteiger partial charge is 0.286 e. The van der Waals surface area contributed by atoms with Crippen molar-refractivity contribution in [2.75, 3.05) is 12.3 Å². The highest BCUT2D eigenvalue weighted by atomic mass is 19.1. The molecule has 2 heterocycles. The third-order valence-electron chi connectivity index (χ3n) is 5.06. The molecule has 9 heteroatoms. The Labute approximate surface area is 195 Å². The van der Waals surface area contributed by atoms with Gasteiger partial charge in [0.2, 0.25) is 0 Å². The van der Waals surface area contributed by atoms with Crippen LogP contribution in [0.1, 0.15) is 34.0 Å². The first-order chi connectivity index (χ1) is 16.5. The number of para-hydroxylation sites is 1. The third kappa shape index (κ3) is 5.24. The highest BCUT2D eigenvalue weighted by Crippen LogP contribution is 2.22. The van der Waals surface area contributed by atoms with Crippen molar-refractivity contribution in [3.05, 3.63) is 95.3 Å². The number of aromatic nitrogens is 2. The molecule has 0 atom stereocenters. The van der Waals surface area contributed by atoms with Crippen molar-refractivity contribution >= 4 is 11.7 Å². The molecule has 2 aromatic carbocycles. The molecule has 0 unspecified atom stereocenters. The van der Waals surface area contributed by atoms with Gasteiger partial charge in [0, 0.05) is 6.54 Å². The second-order valence-electron chi connectivity index (χ2n) is 7.43. The lowest BCUT2D eigenvalue weighted by Gasteiger charge is -2.04. The quantitative estimate of drug-likeness (QED) is 0.365. The Balaban J connectivity index is 1.29. The lowest BCUT2D eigenvalue weighted by Crippen LogP contribution is -2.24. The van der Waals surface area contributed by atoms with Crippen LogP contribution in [0.25, 0.3) is 5.69 Å². The molecular weight excluding hydrogens is 437 g/mol. The normalized spacial score (nSPS) is 10.6. The number of ether oxygens (including phenoxy) is 1. The molecule has 0 fully saturated rings. The Morgan fingerprint density at radius 3 is 2.65 bits per heavy atom. The van der Waals surface area contributed by atoms with Crippen LogP contribution in [-0.2, 0) is 13.0 Å². The first-order valence-corrected chi connectivity index (χ1v) is 10.6. The zero-order chi connectivity index (χ0) is 23.9. The number of nitrogens with two attached hydrogens (primary N) is 1. The van der Waals surface area contributed by atoms with Crippen molar-refractivity contribution < 1.29 is 18.3 Å². The number of nitriles is 1. The van der Waals surface area contributed by atoms with E-state index in [0.717, 1.165) is 0 Å². The summed E-state index contributed by atoms with van der Waals surface area (Å²) in [6, 6.07) is 20.3. The molecule has 8 nitrogen and oxygen atoms in total. The van der Waals surface area contributed by atoms with Crippen LogP contribution >= 0.6 is 0 Å². The molecule has 34 heavy (non-hydrogen) atoms. The van der Waals surface area contributed by atoms with Gasteiger partial charge < -0.3 is 20.2 Å². The number of benzene rings is 2. The van der Waals surface area contributed by atoms with Crippen LogP contribution in [0.2, 0.25) is 0 Å². The Morgan fingerprint density at radius 1 is 1.15 bits per heavy atom. The fourth-order valence-corrected chi connectivity index (χ4v) is 3.35. The molecule has 0 saturated heterocycles. The number of hydrogen-bond acceptors (Lipinski definition) is 6. The van der Waals surface area contributed by atoms with E-state index in [4.69, 9.17) is 14.9 Å². The van der Waals surface area contributed by atoms with E-state index in [0.29, 0.717) is 42.3 Å². The zero-order valence-electron chi connectivity index (χ0n) is 18.2. The molecule has 4 aromatic rings. The fourth-order valence-electron chi connectivity index (χ4n) is 3.35. The number of nitrogens with one attached hydrogen (secondary N) is 1. The number of aryl methyl sites for hydroxylation is 1. The van der Waals surface area contributed by atoms with Gasteiger partial charge in [0.1, 0.15) is 41.4 Å². The number of amides is 1. The van der Waals surface area contributed by atoms with Crippen molar-refractivity contribution in [1.82, 2.24) is 15.1 Å². The second-order valence-corrected chi connectivity index (χ2v) is 7.43. The van der Waals surface area contributed by atoms with Gasteiger partial charge in [-0.15, -0.1) is 0 Å². The summed E-state index contributed by atoms with van der Waals surface area (Å²) in [4.78, 5) is 12.4. The van der Waals surface area contributed by atoms with Crippen LogP contribution in [-0.4, -0.2) is 22.2 Å². The van der Waals surface area contributed by atoms with Crippen LogP contribution in [0.5, 0.6) is 5.75 Å². The average Bonchev–Trinajstić information content (AvgIpc) is 3.46. The standard InChI is InChI=1S/C25H22FN5O3/c26-17-8-10-18(11-9-17)31-24(28)21(15-27)22(30-31)7-4-14-29-25(32)23-13-12-20(34-23)16-33-19-5-2-1-3-6-19/h1-3,5-6,8-13H,4,7,14,16,28H2,(H,29,32). The summed E-state index contributed by atoms with van der Waals surface area (Å²) in [7, 11) is 0.